The summed E-state index contributed by atoms with van der Waals surface area (Å²) >= 11 is 1.67. The normalized spacial score (nSPS) is 19.0. The molecule has 1 unspecified atom stereocenters. The van der Waals surface area contributed by atoms with E-state index in [1.807, 2.05) is 13.8 Å². The van der Waals surface area contributed by atoms with E-state index in [1.54, 1.807) is 11.3 Å². The number of aromatic amines is 1. The average Bonchev–Trinajstić information content (AvgIpc) is 3.15. The molecule has 4 heterocycles. The number of aromatic nitrogens is 5. The van der Waals surface area contributed by atoms with Gasteiger partial charge in [0.2, 0.25) is 0 Å². The summed E-state index contributed by atoms with van der Waals surface area (Å²) in [5.41, 5.74) is 0. The van der Waals surface area contributed by atoms with Crippen molar-refractivity contribution in [3.63, 3.8) is 0 Å². The van der Waals surface area contributed by atoms with Gasteiger partial charge in [-0.05, 0) is 38.1 Å². The molecule has 3 aromatic heterocycles. The lowest BCUT2D eigenvalue weighted by molar-refractivity contribution is 0.490. The van der Waals surface area contributed by atoms with Crippen LogP contribution < -0.4 is 4.90 Å². The molecule has 4 rings (SSSR count). The Morgan fingerprint density at radius 2 is 2.18 bits per heavy atom. The second-order valence-electron chi connectivity index (χ2n) is 5.80. The molecule has 1 aliphatic heterocycles. The summed E-state index contributed by atoms with van der Waals surface area (Å²) in [6.07, 6.45) is 2.26. The van der Waals surface area contributed by atoms with Crippen molar-refractivity contribution in [2.24, 2.45) is 0 Å². The summed E-state index contributed by atoms with van der Waals surface area (Å²) in [6.45, 7) is 5.85. The highest BCUT2D eigenvalue weighted by atomic mass is 32.1. The maximum atomic E-state index is 4.70. The van der Waals surface area contributed by atoms with E-state index in [1.165, 1.54) is 0 Å². The third kappa shape index (κ3) is 2.35. The van der Waals surface area contributed by atoms with E-state index in [2.05, 4.69) is 36.5 Å². The number of thiophene rings is 1. The van der Waals surface area contributed by atoms with Gasteiger partial charge in [-0.15, -0.1) is 11.3 Å². The molecule has 22 heavy (non-hydrogen) atoms. The van der Waals surface area contributed by atoms with Crippen molar-refractivity contribution < 1.29 is 0 Å². The van der Waals surface area contributed by atoms with Crippen molar-refractivity contribution in [3.8, 4) is 0 Å². The monoisotopic (exact) mass is 314 g/mol. The number of hydrogen-bond donors (Lipinski definition) is 1. The largest absolute Gasteiger partial charge is 0.355 e. The number of rotatable bonds is 2. The van der Waals surface area contributed by atoms with E-state index in [0.29, 0.717) is 5.92 Å². The lowest BCUT2D eigenvalue weighted by atomic mass is 9.97. The second kappa shape index (κ2) is 5.31. The van der Waals surface area contributed by atoms with E-state index in [0.717, 1.165) is 59.4 Å². The van der Waals surface area contributed by atoms with Crippen molar-refractivity contribution in [2.75, 3.05) is 18.0 Å². The Hall–Kier alpha value is -2.02. The molecule has 1 aliphatic rings. The van der Waals surface area contributed by atoms with Crippen LogP contribution in [0.15, 0.2) is 11.4 Å². The fourth-order valence-corrected chi connectivity index (χ4v) is 3.91. The first-order chi connectivity index (χ1) is 10.7. The van der Waals surface area contributed by atoms with Gasteiger partial charge in [0.1, 0.15) is 22.3 Å². The summed E-state index contributed by atoms with van der Waals surface area (Å²) in [5, 5.41) is 10.5. The number of nitrogens with one attached hydrogen (secondary N) is 1. The minimum atomic E-state index is 0.364. The number of anilines is 1. The molecule has 114 valence electrons. The van der Waals surface area contributed by atoms with Gasteiger partial charge in [-0.3, -0.25) is 5.10 Å². The number of nitrogens with zero attached hydrogens (tertiary/aromatic N) is 5. The summed E-state index contributed by atoms with van der Waals surface area (Å²) in [5.74, 6) is 4.06. The quantitative estimate of drug-likeness (QED) is 0.787. The predicted molar refractivity (Wildman–Crippen MR) is 87.5 cm³/mol. The molecule has 6 nitrogen and oxygen atoms in total. The molecule has 7 heteroatoms. The van der Waals surface area contributed by atoms with Crippen LogP contribution in [-0.4, -0.2) is 38.2 Å². The van der Waals surface area contributed by atoms with Crippen LogP contribution in [-0.2, 0) is 0 Å². The number of H-pyrrole nitrogens is 1. The maximum Gasteiger partial charge on any atom is 0.155 e. The van der Waals surface area contributed by atoms with E-state index in [9.17, 15) is 0 Å². The standard InChI is InChI=1S/C15H18N6S/c1-9-17-14(12-5-7-22-15(12)18-9)21-6-3-4-11(8-21)13-16-10(2)19-20-13/h5,7,11H,3-4,6,8H2,1-2H3,(H,16,19,20). The highest BCUT2D eigenvalue weighted by molar-refractivity contribution is 7.16. The number of hydrogen-bond acceptors (Lipinski definition) is 6. The summed E-state index contributed by atoms with van der Waals surface area (Å²) < 4.78 is 0. The predicted octanol–water partition coefficient (Wildman–Crippen LogP) is 2.81. The van der Waals surface area contributed by atoms with Crippen LogP contribution in [0, 0.1) is 13.8 Å². The summed E-state index contributed by atoms with van der Waals surface area (Å²) in [6, 6.07) is 2.12. The third-order valence-corrected chi connectivity index (χ3v) is 4.92. The average molecular weight is 314 g/mol. The molecule has 0 saturated carbocycles. The van der Waals surface area contributed by atoms with Crippen molar-refractivity contribution in [3.05, 3.63) is 28.9 Å². The first-order valence-corrected chi connectivity index (χ1v) is 8.44. The fraction of sp³-hybridized carbons (Fsp3) is 0.467. The van der Waals surface area contributed by atoms with Crippen LogP contribution in [0.1, 0.15) is 36.2 Å². The Kier molecular flexibility index (Phi) is 3.29. The molecule has 0 aromatic carbocycles. The van der Waals surface area contributed by atoms with Crippen LogP contribution in [0.5, 0.6) is 0 Å². The van der Waals surface area contributed by atoms with Crippen LogP contribution in [0.3, 0.4) is 0 Å². The Morgan fingerprint density at radius 3 is 3.00 bits per heavy atom. The Bertz CT molecular complexity index is 807. The van der Waals surface area contributed by atoms with Gasteiger partial charge in [-0.2, -0.15) is 5.10 Å². The molecule has 1 saturated heterocycles. The van der Waals surface area contributed by atoms with Crippen molar-refractivity contribution in [2.45, 2.75) is 32.6 Å². The number of piperidine rings is 1. The maximum absolute atomic E-state index is 4.70. The van der Waals surface area contributed by atoms with Crippen LogP contribution in [0.4, 0.5) is 5.82 Å². The molecule has 0 spiro atoms. The van der Waals surface area contributed by atoms with E-state index in [-0.39, 0.29) is 0 Å². The SMILES string of the molecule is Cc1nc(N2CCCC(c3n[nH]c(C)n3)C2)c2ccsc2n1. The lowest BCUT2D eigenvalue weighted by Crippen LogP contribution is -2.35. The minimum Gasteiger partial charge on any atom is -0.355 e. The van der Waals surface area contributed by atoms with Crippen LogP contribution in [0.25, 0.3) is 10.2 Å². The number of aryl methyl sites for hydroxylation is 2. The Labute approximate surface area is 132 Å². The molecule has 1 fully saturated rings. The van der Waals surface area contributed by atoms with Gasteiger partial charge in [-0.25, -0.2) is 15.0 Å². The Morgan fingerprint density at radius 1 is 1.27 bits per heavy atom. The Balaban J connectivity index is 1.68. The van der Waals surface area contributed by atoms with E-state index in [4.69, 9.17) is 4.98 Å². The molecule has 0 amide bonds. The van der Waals surface area contributed by atoms with Gasteiger partial charge in [0.25, 0.3) is 0 Å². The van der Waals surface area contributed by atoms with Crippen molar-refractivity contribution in [1.29, 1.82) is 0 Å². The van der Waals surface area contributed by atoms with Gasteiger partial charge in [0, 0.05) is 19.0 Å². The zero-order chi connectivity index (χ0) is 15.1. The van der Waals surface area contributed by atoms with Gasteiger partial charge in [0.05, 0.1) is 5.39 Å². The van der Waals surface area contributed by atoms with Crippen LogP contribution >= 0.6 is 11.3 Å². The number of fused-ring (bicyclic) bond motifs is 1. The molecular weight excluding hydrogens is 296 g/mol. The van der Waals surface area contributed by atoms with Crippen molar-refractivity contribution >= 4 is 27.4 Å². The van der Waals surface area contributed by atoms with Crippen molar-refractivity contribution in [1.82, 2.24) is 25.1 Å². The van der Waals surface area contributed by atoms with Gasteiger partial charge >= 0.3 is 0 Å². The zero-order valence-electron chi connectivity index (χ0n) is 12.7. The van der Waals surface area contributed by atoms with Gasteiger partial charge < -0.3 is 4.90 Å². The van der Waals surface area contributed by atoms with E-state index < -0.39 is 0 Å². The molecule has 0 aliphatic carbocycles. The zero-order valence-corrected chi connectivity index (χ0v) is 13.5. The second-order valence-corrected chi connectivity index (χ2v) is 6.69. The van der Waals surface area contributed by atoms with Gasteiger partial charge in [0.15, 0.2) is 5.82 Å². The summed E-state index contributed by atoms with van der Waals surface area (Å²) in [4.78, 5) is 17.2. The van der Waals surface area contributed by atoms with Crippen LogP contribution in [0.2, 0.25) is 0 Å². The third-order valence-electron chi connectivity index (χ3n) is 4.12. The molecule has 1 N–H and O–H groups in total. The lowest BCUT2D eigenvalue weighted by Gasteiger charge is -2.32. The highest BCUT2D eigenvalue weighted by Gasteiger charge is 2.26. The minimum absolute atomic E-state index is 0.364. The highest BCUT2D eigenvalue weighted by Crippen LogP contribution is 2.32. The molecule has 1 atom stereocenters. The molecule has 3 aromatic rings. The molecule has 0 bridgehead atoms. The molecule has 0 radical (unpaired) electrons. The smallest absolute Gasteiger partial charge is 0.155 e. The first kappa shape index (κ1) is 13.6. The summed E-state index contributed by atoms with van der Waals surface area (Å²) in [7, 11) is 0. The fourth-order valence-electron chi connectivity index (χ4n) is 3.11. The molecular formula is C15H18N6S. The topological polar surface area (TPSA) is 70.6 Å². The van der Waals surface area contributed by atoms with Gasteiger partial charge in [-0.1, -0.05) is 0 Å². The van der Waals surface area contributed by atoms with E-state index >= 15 is 0 Å². The first-order valence-electron chi connectivity index (χ1n) is 7.56.